The van der Waals surface area contributed by atoms with Crippen LogP contribution in [-0.2, 0) is 16.9 Å². The van der Waals surface area contributed by atoms with E-state index >= 15 is 0 Å². The van der Waals surface area contributed by atoms with E-state index in [1.54, 1.807) is 66.7 Å². The summed E-state index contributed by atoms with van der Waals surface area (Å²) < 4.78 is 15.0. The molecule has 0 unspecified atom stereocenters. The molecule has 0 saturated carbocycles. The first-order chi connectivity index (χ1) is 13.9. The molecule has 0 fully saturated rings. The first-order valence-electron chi connectivity index (χ1n) is 9.06. The molecule has 0 saturated heterocycles. The minimum absolute atomic E-state index is 0.0305. The first-order valence-corrected chi connectivity index (χ1v) is 9.85. The van der Waals surface area contributed by atoms with Crippen LogP contribution in [0.5, 0.6) is 0 Å². The van der Waals surface area contributed by atoms with E-state index in [9.17, 15) is 19.1 Å². The molecule has 0 radical (unpaired) electrons. The van der Waals surface area contributed by atoms with Gasteiger partial charge in [-0.3, -0.25) is 9.59 Å². The maximum absolute atomic E-state index is 14.1. The highest BCUT2D eigenvalue weighted by atomic mass is 79.9. The van der Waals surface area contributed by atoms with Crippen molar-refractivity contribution in [2.75, 3.05) is 4.90 Å². The molecule has 4 rings (SSSR count). The maximum atomic E-state index is 14.1. The molecule has 0 bridgehead atoms. The molecular formula is C23H17BrFNO3. The zero-order valence-corrected chi connectivity index (χ0v) is 16.9. The van der Waals surface area contributed by atoms with Crippen LogP contribution < -0.4 is 4.90 Å². The normalized spacial score (nSPS) is 18.0. The summed E-state index contributed by atoms with van der Waals surface area (Å²) in [6.45, 7) is -0.0305. The highest BCUT2D eigenvalue weighted by molar-refractivity contribution is 9.10. The van der Waals surface area contributed by atoms with Gasteiger partial charge in [0.05, 0.1) is 18.7 Å². The van der Waals surface area contributed by atoms with Crippen molar-refractivity contribution < 1.29 is 19.1 Å². The van der Waals surface area contributed by atoms with E-state index in [2.05, 4.69) is 15.9 Å². The third kappa shape index (κ3) is 3.50. The van der Waals surface area contributed by atoms with Crippen LogP contribution in [0, 0.1) is 5.82 Å². The Morgan fingerprint density at radius 1 is 1.00 bits per heavy atom. The van der Waals surface area contributed by atoms with Gasteiger partial charge in [0, 0.05) is 21.2 Å². The molecule has 29 heavy (non-hydrogen) atoms. The zero-order valence-electron chi connectivity index (χ0n) is 15.3. The molecule has 1 aliphatic rings. The Balaban J connectivity index is 1.69. The minimum atomic E-state index is -1.99. The number of anilines is 1. The molecule has 6 heteroatoms. The highest BCUT2D eigenvalue weighted by Crippen LogP contribution is 2.43. The standard InChI is InChI=1S/C23H17BrFNO3/c24-17-11-9-15(10-12-17)21(27)13-23(29)18-6-2-4-8-20(18)26(22(23)28)14-16-5-1-3-7-19(16)25/h1-12,29H,13-14H2/t23-/m1/s1. The third-order valence-corrected chi connectivity index (χ3v) is 5.64. The lowest BCUT2D eigenvalue weighted by atomic mass is 9.88. The topological polar surface area (TPSA) is 57.6 Å². The van der Waals surface area contributed by atoms with Gasteiger partial charge in [0.2, 0.25) is 0 Å². The molecule has 1 N–H and O–H groups in total. The fourth-order valence-electron chi connectivity index (χ4n) is 3.60. The van der Waals surface area contributed by atoms with Crippen molar-refractivity contribution >= 4 is 33.3 Å². The van der Waals surface area contributed by atoms with Crippen molar-refractivity contribution in [3.63, 3.8) is 0 Å². The van der Waals surface area contributed by atoms with E-state index in [4.69, 9.17) is 0 Å². The summed E-state index contributed by atoms with van der Waals surface area (Å²) in [5, 5.41) is 11.3. The quantitative estimate of drug-likeness (QED) is 0.574. The van der Waals surface area contributed by atoms with Gasteiger partial charge in [-0.05, 0) is 24.3 Å². The Bertz CT molecular complexity index is 1100. The molecule has 0 spiro atoms. The van der Waals surface area contributed by atoms with Gasteiger partial charge in [-0.1, -0.05) is 64.5 Å². The number of ketones is 1. The van der Waals surface area contributed by atoms with Crippen LogP contribution in [0.1, 0.15) is 27.9 Å². The summed E-state index contributed by atoms with van der Waals surface area (Å²) in [6, 6.07) is 19.7. The van der Waals surface area contributed by atoms with Crippen LogP contribution in [0.2, 0.25) is 0 Å². The SMILES string of the molecule is O=C(C[C@]1(O)C(=O)N(Cc2ccccc2F)c2ccccc21)c1ccc(Br)cc1. The molecule has 0 aliphatic carbocycles. The smallest absolute Gasteiger partial charge is 0.264 e. The maximum Gasteiger partial charge on any atom is 0.264 e. The van der Waals surface area contributed by atoms with E-state index in [1.165, 1.54) is 11.0 Å². The predicted molar refractivity (Wildman–Crippen MR) is 111 cm³/mol. The molecule has 3 aromatic rings. The monoisotopic (exact) mass is 453 g/mol. The van der Waals surface area contributed by atoms with Crippen molar-refractivity contribution in [2.24, 2.45) is 0 Å². The predicted octanol–water partition coefficient (Wildman–Crippen LogP) is 4.60. The number of hydrogen-bond donors (Lipinski definition) is 1. The molecule has 3 aromatic carbocycles. The minimum Gasteiger partial charge on any atom is -0.375 e. The van der Waals surface area contributed by atoms with Crippen LogP contribution in [0.3, 0.4) is 0 Å². The zero-order chi connectivity index (χ0) is 20.6. The Hall–Kier alpha value is -2.83. The van der Waals surface area contributed by atoms with Gasteiger partial charge >= 0.3 is 0 Å². The van der Waals surface area contributed by atoms with Crippen LogP contribution in [0.25, 0.3) is 0 Å². The van der Waals surface area contributed by atoms with Crippen molar-refractivity contribution in [3.05, 3.63) is 99.8 Å². The van der Waals surface area contributed by atoms with E-state index in [-0.39, 0.29) is 12.3 Å². The Morgan fingerprint density at radius 3 is 2.38 bits per heavy atom. The summed E-state index contributed by atoms with van der Waals surface area (Å²) in [5.74, 6) is -1.41. The summed E-state index contributed by atoms with van der Waals surface area (Å²) in [5.41, 5.74) is -0.427. The van der Waals surface area contributed by atoms with Crippen molar-refractivity contribution in [1.29, 1.82) is 0 Å². The number of nitrogens with zero attached hydrogens (tertiary/aromatic N) is 1. The lowest BCUT2D eigenvalue weighted by Crippen LogP contribution is -2.41. The Morgan fingerprint density at radius 2 is 1.66 bits per heavy atom. The second-order valence-electron chi connectivity index (χ2n) is 6.97. The van der Waals surface area contributed by atoms with Crippen molar-refractivity contribution in [1.82, 2.24) is 0 Å². The van der Waals surface area contributed by atoms with Gasteiger partial charge in [0.15, 0.2) is 11.4 Å². The van der Waals surface area contributed by atoms with Crippen LogP contribution in [0.4, 0.5) is 10.1 Å². The van der Waals surface area contributed by atoms with Crippen LogP contribution >= 0.6 is 15.9 Å². The molecule has 4 nitrogen and oxygen atoms in total. The van der Waals surface area contributed by atoms with E-state index < -0.39 is 23.7 Å². The fourth-order valence-corrected chi connectivity index (χ4v) is 3.87. The largest absolute Gasteiger partial charge is 0.375 e. The number of rotatable bonds is 5. The first kappa shape index (κ1) is 19.5. The van der Waals surface area contributed by atoms with E-state index in [0.717, 1.165) is 4.47 Å². The summed E-state index contributed by atoms with van der Waals surface area (Å²) in [6.07, 6.45) is -0.391. The molecule has 0 aromatic heterocycles. The van der Waals surface area contributed by atoms with Gasteiger partial charge in [-0.25, -0.2) is 4.39 Å². The number of benzene rings is 3. The second-order valence-corrected chi connectivity index (χ2v) is 7.88. The average Bonchev–Trinajstić information content (AvgIpc) is 2.92. The summed E-state index contributed by atoms with van der Waals surface area (Å²) >= 11 is 3.32. The number of Topliss-reactive ketones (excluding diaryl/α,β-unsaturated/α-hetero) is 1. The Kier molecular flexibility index (Phi) is 5.06. The fraction of sp³-hybridized carbons (Fsp3) is 0.130. The molecule has 146 valence electrons. The molecule has 1 aliphatic heterocycles. The summed E-state index contributed by atoms with van der Waals surface area (Å²) in [7, 11) is 0. The van der Waals surface area contributed by atoms with Gasteiger partial charge in [-0.15, -0.1) is 0 Å². The third-order valence-electron chi connectivity index (χ3n) is 5.11. The second kappa shape index (κ2) is 7.54. The molecule has 1 atom stereocenters. The number of amides is 1. The van der Waals surface area contributed by atoms with Crippen LogP contribution in [0.15, 0.2) is 77.3 Å². The number of carbonyl (C=O) groups excluding carboxylic acids is 2. The summed E-state index contributed by atoms with van der Waals surface area (Å²) in [4.78, 5) is 27.3. The number of halogens is 2. The van der Waals surface area contributed by atoms with Crippen LogP contribution in [-0.4, -0.2) is 16.8 Å². The molecule has 1 amide bonds. The van der Waals surface area contributed by atoms with Gasteiger partial charge in [0.25, 0.3) is 5.91 Å². The van der Waals surface area contributed by atoms with Gasteiger partial charge in [0.1, 0.15) is 5.82 Å². The van der Waals surface area contributed by atoms with Crippen molar-refractivity contribution in [2.45, 2.75) is 18.6 Å². The lowest BCUT2D eigenvalue weighted by molar-refractivity contribution is -0.136. The van der Waals surface area contributed by atoms with Gasteiger partial charge in [-0.2, -0.15) is 0 Å². The van der Waals surface area contributed by atoms with Crippen molar-refractivity contribution in [3.8, 4) is 0 Å². The average molecular weight is 454 g/mol. The van der Waals surface area contributed by atoms with E-state index in [1.807, 2.05) is 0 Å². The number of hydrogen-bond acceptors (Lipinski definition) is 3. The molecular weight excluding hydrogens is 437 g/mol. The Labute approximate surface area is 175 Å². The number of fused-ring (bicyclic) bond motifs is 1. The number of para-hydroxylation sites is 1. The lowest BCUT2D eigenvalue weighted by Gasteiger charge is -2.23. The number of carbonyl (C=O) groups is 2. The molecule has 1 heterocycles. The van der Waals surface area contributed by atoms with Gasteiger partial charge < -0.3 is 10.0 Å². The van der Waals surface area contributed by atoms with E-state index in [0.29, 0.717) is 22.4 Å². The number of aliphatic hydroxyl groups is 1. The highest BCUT2D eigenvalue weighted by Gasteiger charge is 2.50.